The molecule has 1 rings (SSSR count). The number of carbonyl (C=O) groups excluding carboxylic acids is 1. The number of nitrogens with one attached hydrogen (secondary N) is 2. The number of aromatic amines is 1. The third kappa shape index (κ3) is 4.03. The summed E-state index contributed by atoms with van der Waals surface area (Å²) in [5, 5.41) is 2.72. The summed E-state index contributed by atoms with van der Waals surface area (Å²) in [6.45, 7) is 5.46. The van der Waals surface area contributed by atoms with E-state index in [0.717, 1.165) is 6.54 Å². The Morgan fingerprint density at radius 3 is 2.82 bits per heavy atom. The largest absolute Gasteiger partial charge is 0.367 e. The van der Waals surface area contributed by atoms with Crippen LogP contribution in [0.1, 0.15) is 24.2 Å². The first-order chi connectivity index (χ1) is 8.02. The van der Waals surface area contributed by atoms with Gasteiger partial charge in [-0.05, 0) is 20.9 Å². The second-order valence-electron chi connectivity index (χ2n) is 4.25. The number of nitrogens with zero attached hydrogens (tertiary/aromatic N) is 1. The molecule has 5 heteroatoms. The minimum Gasteiger partial charge on any atom is -0.367 e. The molecule has 0 unspecified atom stereocenters. The molecule has 0 aliphatic carbocycles. The topological polar surface area (TPSA) is 65.2 Å². The van der Waals surface area contributed by atoms with Gasteiger partial charge >= 0.3 is 0 Å². The van der Waals surface area contributed by atoms with Gasteiger partial charge < -0.3 is 15.2 Å². The van der Waals surface area contributed by atoms with Gasteiger partial charge in [0.2, 0.25) is 0 Å². The highest BCUT2D eigenvalue weighted by Crippen LogP contribution is 1.92. The molecule has 94 valence electrons. The average Bonchev–Trinajstić information content (AvgIpc) is 2.29. The smallest absolute Gasteiger partial charge is 0.256 e. The summed E-state index contributed by atoms with van der Waals surface area (Å²) in [7, 11) is 1.99. The van der Waals surface area contributed by atoms with Crippen LogP contribution in [-0.2, 0) is 0 Å². The van der Waals surface area contributed by atoms with Crippen molar-refractivity contribution < 1.29 is 4.79 Å². The molecular formula is C12H19N3O2. The highest BCUT2D eigenvalue weighted by Gasteiger charge is 2.09. The first-order valence-electron chi connectivity index (χ1n) is 5.68. The maximum Gasteiger partial charge on any atom is 0.256 e. The van der Waals surface area contributed by atoms with Crippen LogP contribution in [0.25, 0.3) is 0 Å². The Morgan fingerprint density at radius 1 is 1.53 bits per heavy atom. The van der Waals surface area contributed by atoms with Gasteiger partial charge in [-0.2, -0.15) is 0 Å². The van der Waals surface area contributed by atoms with E-state index in [0.29, 0.717) is 12.6 Å². The average molecular weight is 237 g/mol. The van der Waals surface area contributed by atoms with Gasteiger partial charge in [-0.1, -0.05) is 0 Å². The molecule has 0 fully saturated rings. The van der Waals surface area contributed by atoms with E-state index in [9.17, 15) is 9.59 Å². The normalized spacial score (nSPS) is 10.9. The van der Waals surface area contributed by atoms with Crippen molar-refractivity contribution in [2.45, 2.75) is 19.9 Å². The molecule has 0 spiro atoms. The number of rotatable bonds is 5. The van der Waals surface area contributed by atoms with Crippen molar-refractivity contribution in [1.82, 2.24) is 15.2 Å². The number of H-pyrrole nitrogens is 1. The van der Waals surface area contributed by atoms with E-state index >= 15 is 0 Å². The maximum absolute atomic E-state index is 11.7. The molecule has 5 nitrogen and oxygen atoms in total. The van der Waals surface area contributed by atoms with Crippen molar-refractivity contribution in [2.24, 2.45) is 0 Å². The van der Waals surface area contributed by atoms with Crippen LogP contribution < -0.4 is 10.7 Å². The molecule has 0 saturated carbocycles. The van der Waals surface area contributed by atoms with E-state index in [2.05, 4.69) is 29.0 Å². The van der Waals surface area contributed by atoms with Gasteiger partial charge in [-0.25, -0.2) is 0 Å². The number of pyridine rings is 1. The van der Waals surface area contributed by atoms with Crippen molar-refractivity contribution in [3.63, 3.8) is 0 Å². The molecule has 1 aromatic heterocycles. The molecule has 1 heterocycles. The Hall–Kier alpha value is -1.62. The second kappa shape index (κ2) is 6.20. The van der Waals surface area contributed by atoms with E-state index in [1.54, 1.807) is 0 Å². The van der Waals surface area contributed by atoms with E-state index in [1.165, 1.54) is 18.5 Å². The molecule has 0 aliphatic rings. The summed E-state index contributed by atoms with van der Waals surface area (Å²) in [4.78, 5) is 27.9. The Balaban J connectivity index is 2.46. The molecule has 1 aromatic rings. The fourth-order valence-electron chi connectivity index (χ4n) is 1.29. The van der Waals surface area contributed by atoms with Gasteiger partial charge in [-0.3, -0.25) is 9.59 Å². The van der Waals surface area contributed by atoms with E-state index in [1.807, 2.05) is 7.05 Å². The molecule has 0 aliphatic heterocycles. The molecular weight excluding hydrogens is 218 g/mol. The van der Waals surface area contributed by atoms with Crippen LogP contribution in [0.2, 0.25) is 0 Å². The van der Waals surface area contributed by atoms with Crippen LogP contribution in [0.4, 0.5) is 0 Å². The van der Waals surface area contributed by atoms with Crippen molar-refractivity contribution in [2.75, 3.05) is 20.1 Å². The van der Waals surface area contributed by atoms with Gasteiger partial charge in [-0.15, -0.1) is 0 Å². The first kappa shape index (κ1) is 13.4. The predicted octanol–water partition coefficient (Wildman–Crippen LogP) is 0.445. The zero-order valence-corrected chi connectivity index (χ0v) is 10.5. The van der Waals surface area contributed by atoms with Crippen LogP contribution in [0, 0.1) is 0 Å². The SMILES string of the molecule is CC(C)N(C)CCNC(=O)c1c[nH]ccc1=O. The molecule has 0 aromatic carbocycles. The number of hydrogen-bond acceptors (Lipinski definition) is 3. The van der Waals surface area contributed by atoms with Gasteiger partial charge in [0.25, 0.3) is 5.91 Å². The molecule has 0 atom stereocenters. The lowest BCUT2D eigenvalue weighted by atomic mass is 10.2. The van der Waals surface area contributed by atoms with E-state index < -0.39 is 0 Å². The maximum atomic E-state index is 11.7. The summed E-state index contributed by atoms with van der Waals surface area (Å²) in [6, 6.07) is 1.78. The quantitative estimate of drug-likeness (QED) is 0.781. The third-order valence-corrected chi connectivity index (χ3v) is 2.70. The van der Waals surface area contributed by atoms with Crippen molar-refractivity contribution in [3.8, 4) is 0 Å². The molecule has 17 heavy (non-hydrogen) atoms. The lowest BCUT2D eigenvalue weighted by Gasteiger charge is -2.20. The van der Waals surface area contributed by atoms with Gasteiger partial charge in [0.05, 0.1) is 0 Å². The Labute approximate surface area is 101 Å². The second-order valence-corrected chi connectivity index (χ2v) is 4.25. The number of amides is 1. The zero-order chi connectivity index (χ0) is 12.8. The molecule has 0 bridgehead atoms. The van der Waals surface area contributed by atoms with Crippen LogP contribution in [0.5, 0.6) is 0 Å². The highest BCUT2D eigenvalue weighted by molar-refractivity contribution is 5.93. The Kier molecular flexibility index (Phi) is 4.90. The van der Waals surface area contributed by atoms with Gasteiger partial charge in [0, 0.05) is 37.6 Å². The fraction of sp³-hybridized carbons (Fsp3) is 0.500. The van der Waals surface area contributed by atoms with Gasteiger partial charge in [0.1, 0.15) is 5.56 Å². The molecule has 2 N–H and O–H groups in total. The number of likely N-dealkylation sites (N-methyl/N-ethyl adjacent to an activating group) is 1. The Bertz CT molecular complexity index is 426. The minimum absolute atomic E-state index is 0.153. The lowest BCUT2D eigenvalue weighted by molar-refractivity contribution is 0.0946. The monoisotopic (exact) mass is 237 g/mol. The van der Waals surface area contributed by atoms with Crippen LogP contribution in [0.15, 0.2) is 23.3 Å². The summed E-state index contributed by atoms with van der Waals surface area (Å²) >= 11 is 0. The number of hydrogen-bond donors (Lipinski definition) is 2. The Morgan fingerprint density at radius 2 is 2.24 bits per heavy atom. The van der Waals surface area contributed by atoms with Gasteiger partial charge in [0.15, 0.2) is 5.43 Å². The van der Waals surface area contributed by atoms with Crippen LogP contribution >= 0.6 is 0 Å². The van der Waals surface area contributed by atoms with Crippen LogP contribution in [0.3, 0.4) is 0 Å². The van der Waals surface area contributed by atoms with Crippen molar-refractivity contribution in [1.29, 1.82) is 0 Å². The van der Waals surface area contributed by atoms with Crippen molar-refractivity contribution >= 4 is 5.91 Å². The number of carbonyl (C=O) groups is 1. The third-order valence-electron chi connectivity index (χ3n) is 2.70. The summed E-state index contributed by atoms with van der Waals surface area (Å²) < 4.78 is 0. The van der Waals surface area contributed by atoms with E-state index in [-0.39, 0.29) is 16.9 Å². The summed E-state index contributed by atoms with van der Waals surface area (Å²) in [6.07, 6.45) is 2.93. The van der Waals surface area contributed by atoms with Crippen LogP contribution in [-0.4, -0.2) is 42.0 Å². The standard InChI is InChI=1S/C12H19N3O2/c1-9(2)15(3)7-6-14-12(17)10-8-13-5-4-11(10)16/h4-5,8-9H,6-7H2,1-3H3,(H,13,16)(H,14,17). The molecule has 0 radical (unpaired) electrons. The molecule has 0 saturated heterocycles. The fourth-order valence-corrected chi connectivity index (χ4v) is 1.29. The summed E-state index contributed by atoms with van der Waals surface area (Å²) in [5.41, 5.74) is -0.113. The summed E-state index contributed by atoms with van der Waals surface area (Å²) in [5.74, 6) is -0.330. The van der Waals surface area contributed by atoms with Crippen molar-refractivity contribution in [3.05, 3.63) is 34.2 Å². The molecule has 1 amide bonds. The van der Waals surface area contributed by atoms with E-state index in [4.69, 9.17) is 0 Å². The highest BCUT2D eigenvalue weighted by atomic mass is 16.2. The number of aromatic nitrogens is 1. The zero-order valence-electron chi connectivity index (χ0n) is 10.5. The minimum atomic E-state index is -0.330. The lowest BCUT2D eigenvalue weighted by Crippen LogP contribution is -2.37. The first-order valence-corrected chi connectivity index (χ1v) is 5.68. The predicted molar refractivity (Wildman–Crippen MR) is 67.2 cm³/mol.